The molecule has 3 aromatic heterocycles. The van der Waals surface area contributed by atoms with Gasteiger partial charge in [0.15, 0.2) is 0 Å². The van der Waals surface area contributed by atoms with Crippen LogP contribution >= 0.6 is 0 Å². The highest BCUT2D eigenvalue weighted by atomic mass is 15.0. The number of hydrogen-bond donors (Lipinski definition) is 1. The zero-order chi connectivity index (χ0) is 13.9. The van der Waals surface area contributed by atoms with Crippen molar-refractivity contribution in [3.8, 4) is 0 Å². The van der Waals surface area contributed by atoms with Crippen molar-refractivity contribution >= 4 is 11.0 Å². The Balaban J connectivity index is 2.05. The Bertz CT molecular complexity index is 730. The van der Waals surface area contributed by atoms with Crippen molar-refractivity contribution in [2.24, 2.45) is 0 Å². The summed E-state index contributed by atoms with van der Waals surface area (Å²) in [6, 6.07) is 8.17. The van der Waals surface area contributed by atoms with Crippen molar-refractivity contribution in [2.45, 2.75) is 20.0 Å². The van der Waals surface area contributed by atoms with E-state index in [1.165, 1.54) is 16.5 Å². The van der Waals surface area contributed by atoms with Crippen molar-refractivity contribution in [2.75, 3.05) is 7.05 Å². The highest BCUT2D eigenvalue weighted by molar-refractivity contribution is 5.80. The molecule has 3 heterocycles. The van der Waals surface area contributed by atoms with Gasteiger partial charge in [-0.15, -0.1) is 0 Å². The second-order valence-electron chi connectivity index (χ2n) is 4.95. The summed E-state index contributed by atoms with van der Waals surface area (Å²) in [6.07, 6.45) is 5.85. The number of fused-ring (bicyclic) bond motifs is 1. The van der Waals surface area contributed by atoms with Gasteiger partial charge < -0.3 is 9.88 Å². The fourth-order valence-corrected chi connectivity index (χ4v) is 2.49. The van der Waals surface area contributed by atoms with E-state index < -0.39 is 0 Å². The molecule has 0 spiro atoms. The first-order valence-corrected chi connectivity index (χ1v) is 6.77. The van der Waals surface area contributed by atoms with Crippen LogP contribution in [-0.2, 0) is 13.1 Å². The average Bonchev–Trinajstić information content (AvgIpc) is 2.81. The molecule has 102 valence electrons. The molecule has 0 aliphatic carbocycles. The SMILES string of the molecule is CNCc1cn(Cc2ncccc2C)c2ncccc12. The summed E-state index contributed by atoms with van der Waals surface area (Å²) in [5.74, 6) is 0. The predicted molar refractivity (Wildman–Crippen MR) is 80.6 cm³/mol. The van der Waals surface area contributed by atoms with Crippen LogP contribution in [-0.4, -0.2) is 21.6 Å². The summed E-state index contributed by atoms with van der Waals surface area (Å²) in [6.45, 7) is 3.69. The molecule has 1 N–H and O–H groups in total. The lowest BCUT2D eigenvalue weighted by Crippen LogP contribution is -2.05. The van der Waals surface area contributed by atoms with E-state index in [0.717, 1.165) is 24.4 Å². The molecule has 0 fully saturated rings. The van der Waals surface area contributed by atoms with Crippen LogP contribution in [0, 0.1) is 6.92 Å². The molecule has 0 saturated carbocycles. The molecule has 0 radical (unpaired) electrons. The molecule has 0 aliphatic heterocycles. The van der Waals surface area contributed by atoms with E-state index in [1.54, 1.807) is 0 Å². The van der Waals surface area contributed by atoms with Gasteiger partial charge in [0.25, 0.3) is 0 Å². The topological polar surface area (TPSA) is 42.7 Å². The van der Waals surface area contributed by atoms with Crippen LogP contribution in [0.1, 0.15) is 16.8 Å². The Hall–Kier alpha value is -2.20. The van der Waals surface area contributed by atoms with Crippen LogP contribution in [0.5, 0.6) is 0 Å². The largest absolute Gasteiger partial charge is 0.326 e. The Morgan fingerprint density at radius 2 is 1.95 bits per heavy atom. The second kappa shape index (κ2) is 5.43. The first-order chi connectivity index (χ1) is 9.79. The minimum absolute atomic E-state index is 0.754. The van der Waals surface area contributed by atoms with Crippen molar-refractivity contribution in [3.63, 3.8) is 0 Å². The van der Waals surface area contributed by atoms with Gasteiger partial charge >= 0.3 is 0 Å². The smallest absolute Gasteiger partial charge is 0.140 e. The Morgan fingerprint density at radius 3 is 2.75 bits per heavy atom. The third kappa shape index (κ3) is 2.30. The third-order valence-corrected chi connectivity index (χ3v) is 3.52. The molecule has 3 rings (SSSR count). The average molecular weight is 266 g/mol. The van der Waals surface area contributed by atoms with Crippen LogP contribution in [0.4, 0.5) is 0 Å². The maximum Gasteiger partial charge on any atom is 0.140 e. The first kappa shape index (κ1) is 12.8. The van der Waals surface area contributed by atoms with Crippen molar-refractivity contribution in [1.29, 1.82) is 0 Å². The Labute approximate surface area is 118 Å². The number of hydrogen-bond acceptors (Lipinski definition) is 3. The van der Waals surface area contributed by atoms with Gasteiger partial charge in [0.2, 0.25) is 0 Å². The minimum Gasteiger partial charge on any atom is -0.326 e. The molecule has 4 heteroatoms. The van der Waals surface area contributed by atoms with E-state index in [1.807, 2.05) is 31.6 Å². The number of pyridine rings is 2. The fourth-order valence-electron chi connectivity index (χ4n) is 2.49. The van der Waals surface area contributed by atoms with Gasteiger partial charge in [-0.1, -0.05) is 6.07 Å². The molecule has 0 bridgehead atoms. The summed E-state index contributed by atoms with van der Waals surface area (Å²) in [5, 5.41) is 4.41. The lowest BCUT2D eigenvalue weighted by Gasteiger charge is -2.06. The highest BCUT2D eigenvalue weighted by Crippen LogP contribution is 2.20. The fraction of sp³-hybridized carbons (Fsp3) is 0.250. The van der Waals surface area contributed by atoms with Crippen LogP contribution in [0.3, 0.4) is 0 Å². The second-order valence-corrected chi connectivity index (χ2v) is 4.95. The maximum absolute atomic E-state index is 4.52. The van der Waals surface area contributed by atoms with Gasteiger partial charge in [-0.2, -0.15) is 0 Å². The number of aromatic nitrogens is 3. The van der Waals surface area contributed by atoms with Crippen LogP contribution in [0.15, 0.2) is 42.9 Å². The summed E-state index contributed by atoms with van der Waals surface area (Å²) in [7, 11) is 1.96. The van der Waals surface area contributed by atoms with Gasteiger partial charge in [0.1, 0.15) is 5.65 Å². The van der Waals surface area contributed by atoms with Gasteiger partial charge in [-0.25, -0.2) is 4.98 Å². The molecular formula is C16H18N4. The molecule has 0 unspecified atom stereocenters. The predicted octanol–water partition coefficient (Wildman–Crippen LogP) is 2.51. The Morgan fingerprint density at radius 1 is 1.15 bits per heavy atom. The van der Waals surface area contributed by atoms with E-state index in [9.17, 15) is 0 Å². The van der Waals surface area contributed by atoms with Crippen molar-refractivity contribution in [3.05, 3.63) is 59.7 Å². The number of rotatable bonds is 4. The summed E-state index contributed by atoms with van der Waals surface area (Å²) in [5.41, 5.74) is 4.58. The van der Waals surface area contributed by atoms with Gasteiger partial charge in [-0.3, -0.25) is 4.98 Å². The molecule has 20 heavy (non-hydrogen) atoms. The lowest BCUT2D eigenvalue weighted by atomic mass is 10.2. The van der Waals surface area contributed by atoms with Gasteiger partial charge in [-0.05, 0) is 43.3 Å². The van der Waals surface area contributed by atoms with E-state index in [4.69, 9.17) is 0 Å². The van der Waals surface area contributed by atoms with E-state index >= 15 is 0 Å². The van der Waals surface area contributed by atoms with Crippen LogP contribution in [0.25, 0.3) is 11.0 Å². The number of nitrogens with zero attached hydrogens (tertiary/aromatic N) is 3. The van der Waals surface area contributed by atoms with E-state index in [-0.39, 0.29) is 0 Å². The molecule has 0 aliphatic rings. The van der Waals surface area contributed by atoms with E-state index in [2.05, 4.69) is 45.1 Å². The highest BCUT2D eigenvalue weighted by Gasteiger charge is 2.10. The molecule has 0 saturated heterocycles. The van der Waals surface area contributed by atoms with Crippen molar-refractivity contribution in [1.82, 2.24) is 19.9 Å². The van der Waals surface area contributed by atoms with E-state index in [0.29, 0.717) is 0 Å². The summed E-state index contributed by atoms with van der Waals surface area (Å²) in [4.78, 5) is 8.99. The molecular weight excluding hydrogens is 248 g/mol. The normalized spacial score (nSPS) is 11.1. The molecule has 3 aromatic rings. The summed E-state index contributed by atoms with van der Waals surface area (Å²) >= 11 is 0. The number of aryl methyl sites for hydroxylation is 1. The third-order valence-electron chi connectivity index (χ3n) is 3.52. The molecule has 0 amide bonds. The maximum atomic E-state index is 4.52. The quantitative estimate of drug-likeness (QED) is 0.789. The molecule has 0 aromatic carbocycles. The van der Waals surface area contributed by atoms with Gasteiger partial charge in [0, 0.05) is 30.5 Å². The molecule has 0 atom stereocenters. The van der Waals surface area contributed by atoms with Crippen LogP contribution in [0.2, 0.25) is 0 Å². The molecule has 4 nitrogen and oxygen atoms in total. The standard InChI is InChI=1S/C16H18N4/c1-12-5-3-7-18-15(12)11-20-10-13(9-17-2)14-6-4-8-19-16(14)20/h3-8,10,17H,9,11H2,1-2H3. The van der Waals surface area contributed by atoms with Crippen molar-refractivity contribution < 1.29 is 0 Å². The minimum atomic E-state index is 0.754. The zero-order valence-corrected chi connectivity index (χ0v) is 11.8. The van der Waals surface area contributed by atoms with Crippen LogP contribution < -0.4 is 5.32 Å². The zero-order valence-electron chi connectivity index (χ0n) is 11.8. The summed E-state index contributed by atoms with van der Waals surface area (Å²) < 4.78 is 2.18. The first-order valence-electron chi connectivity index (χ1n) is 6.77. The number of nitrogens with one attached hydrogen (secondary N) is 1. The monoisotopic (exact) mass is 266 g/mol. The lowest BCUT2D eigenvalue weighted by molar-refractivity contribution is 0.772. The van der Waals surface area contributed by atoms with Gasteiger partial charge in [0.05, 0.1) is 12.2 Å². The Kier molecular flexibility index (Phi) is 3.48.